The quantitative estimate of drug-likeness (QED) is 0.166. The molecule has 18 heteroatoms. The Labute approximate surface area is 474 Å². The minimum Gasteiger partial charge on any atom is -0.469 e. The van der Waals surface area contributed by atoms with Gasteiger partial charge in [-0.25, -0.2) is 0 Å². The van der Waals surface area contributed by atoms with Crippen LogP contribution >= 0.6 is 0 Å². The Balaban J connectivity index is 0.000000152. The van der Waals surface area contributed by atoms with E-state index in [-0.39, 0.29) is 159 Å². The number of aliphatic hydroxyl groups is 1. The smallest absolute Gasteiger partial charge is 0.308 e. The molecule has 15 fully saturated rings. The van der Waals surface area contributed by atoms with Gasteiger partial charge in [0.05, 0.1) is 123 Å². The molecule has 15 saturated heterocycles. The standard InChI is InChI=1S/C33H48O9.C29H47NO8/c1-6-23-19(4)17(2)13-20(36-23)7-9-24-18(3)14-22(37-24)11-12-33-16-26-29(41-33)30-31(40-26)32(42-33)28-25(39-30)10-8-21(38-28)15-27(34)35-5;1-13-8-28(36-21-6-18(31)24(12-30)34-25(13)21)9-14(2)26-23(37-28)11-29(38-26)10-22-19(35-29)7-20-27(33-22)16(4)15(3)17(5)32-20/h17,20-26,28-32H,3-4,6-16H2,1-2,5H3;13-27,31H,6-12,30H2,1-5H3/t17-,20+,21-,22+,23-,24+,25+,26-,28+,29+,30+,31-,32+,33+;13-,14-,15+,16+,17-,18+,19+,20-,21-,22+,23-,24+,25-,26-,27-,28+,29-/m10/s1. The fourth-order valence-corrected chi connectivity index (χ4v) is 17.6. The lowest BCUT2D eigenvalue weighted by Gasteiger charge is -2.54. The molecule has 2 spiro atoms. The van der Waals surface area contributed by atoms with E-state index in [1.165, 1.54) is 18.3 Å². The number of hydrogen-bond donors (Lipinski definition) is 2. The Morgan fingerprint density at radius 1 is 0.588 bits per heavy atom. The van der Waals surface area contributed by atoms with E-state index in [0.717, 1.165) is 83.5 Å². The minimum absolute atomic E-state index is 0.0171. The fraction of sp³-hybridized carbons (Fsp3) is 0.919. The second kappa shape index (κ2) is 22.2. The first kappa shape index (κ1) is 57.4. The van der Waals surface area contributed by atoms with Crippen molar-refractivity contribution < 1.29 is 81.0 Å². The van der Waals surface area contributed by atoms with Gasteiger partial charge in [-0.1, -0.05) is 54.7 Å². The summed E-state index contributed by atoms with van der Waals surface area (Å²) in [7, 11) is 1.41. The van der Waals surface area contributed by atoms with Crippen molar-refractivity contribution in [1.29, 1.82) is 0 Å². The third-order valence-corrected chi connectivity index (χ3v) is 22.1. The highest BCUT2D eigenvalue weighted by Gasteiger charge is 2.69. The van der Waals surface area contributed by atoms with Crippen molar-refractivity contribution in [3.8, 4) is 0 Å². The summed E-state index contributed by atoms with van der Waals surface area (Å²) in [6, 6.07) is 0. The normalized spacial score (nSPS) is 55.2. The van der Waals surface area contributed by atoms with Gasteiger partial charge >= 0.3 is 5.97 Å². The Hall–Kier alpha value is -1.69. The SMILES string of the molecule is C=C1C[C@H](CC[C@@]23C[C@H]4O[C@H]5[C@@H](O2)[C@H]2O[C@@H](CC(=O)OC)CC[C@@H]2O[C@H]5[C@H]4O3)O[C@H]1CC[C@H]1C[C@@H](C)C(=C)[C@@H](CC)O1.C[C@@H]1[C@@H](C)[C@H](C)O[C@H]2C[C@H]3O[C@@]4(C[C@@H]5O[C@]6(C[C@H](C)[C@@H]7O[C@H](CN)[C@H](O)C[C@@H]7O6)C[C@H](C)[C@@H]5O4)C[C@H]3O[C@@H]12. The highest BCUT2D eigenvalue weighted by Crippen LogP contribution is 2.57. The van der Waals surface area contributed by atoms with E-state index in [0.29, 0.717) is 43.6 Å². The van der Waals surface area contributed by atoms with Gasteiger partial charge in [0.1, 0.15) is 30.5 Å². The molecule has 450 valence electrons. The predicted octanol–water partition coefficient (Wildman–Crippen LogP) is 7.05. The zero-order valence-corrected chi connectivity index (χ0v) is 48.9. The third-order valence-electron chi connectivity index (χ3n) is 22.1. The number of hydrogen-bond acceptors (Lipinski definition) is 18. The maximum absolute atomic E-state index is 11.9. The van der Waals surface area contributed by atoms with Crippen LogP contribution in [0.25, 0.3) is 0 Å². The maximum atomic E-state index is 11.9. The minimum atomic E-state index is -0.743. The predicted molar refractivity (Wildman–Crippen MR) is 288 cm³/mol. The lowest BCUT2D eigenvalue weighted by molar-refractivity contribution is -0.370. The van der Waals surface area contributed by atoms with Crippen LogP contribution < -0.4 is 5.73 Å². The summed E-state index contributed by atoms with van der Waals surface area (Å²) < 4.78 is 97.0. The van der Waals surface area contributed by atoms with Gasteiger partial charge in [0, 0.05) is 57.9 Å². The Kier molecular flexibility index (Phi) is 15.9. The molecule has 18 nitrogen and oxygen atoms in total. The van der Waals surface area contributed by atoms with Crippen LogP contribution in [0.15, 0.2) is 24.3 Å². The second-order valence-electron chi connectivity index (χ2n) is 27.5. The van der Waals surface area contributed by atoms with Gasteiger partial charge in [0.2, 0.25) is 0 Å². The number of rotatable bonds is 10. The number of fused-ring (bicyclic) bond motifs is 5. The highest BCUT2D eigenvalue weighted by molar-refractivity contribution is 5.69. The first-order valence-corrected chi connectivity index (χ1v) is 31.5. The summed E-state index contributed by atoms with van der Waals surface area (Å²) in [4.78, 5) is 11.9. The van der Waals surface area contributed by atoms with Crippen LogP contribution in [0.5, 0.6) is 0 Å². The van der Waals surface area contributed by atoms with E-state index >= 15 is 0 Å². The van der Waals surface area contributed by atoms with Crippen LogP contribution in [0.1, 0.15) is 158 Å². The van der Waals surface area contributed by atoms with Gasteiger partial charge in [-0.05, 0) is 99.0 Å². The summed E-state index contributed by atoms with van der Waals surface area (Å²) in [6.07, 6.45) is 11.3. The maximum Gasteiger partial charge on any atom is 0.308 e. The molecule has 0 aromatic heterocycles. The summed E-state index contributed by atoms with van der Waals surface area (Å²) in [5.41, 5.74) is 8.24. The number of esters is 1. The molecule has 6 bridgehead atoms. The molecule has 15 heterocycles. The topological polar surface area (TPSA) is 202 Å². The Morgan fingerprint density at radius 2 is 1.29 bits per heavy atom. The third kappa shape index (κ3) is 10.5. The average Bonchev–Trinajstić information content (AvgIpc) is 4.41. The molecule has 0 radical (unpaired) electrons. The molecule has 15 rings (SSSR count). The van der Waals surface area contributed by atoms with E-state index in [9.17, 15) is 9.90 Å². The fourth-order valence-electron chi connectivity index (χ4n) is 17.6. The molecular weight excluding hydrogens is 1030 g/mol. The van der Waals surface area contributed by atoms with Crippen LogP contribution in [0.4, 0.5) is 0 Å². The van der Waals surface area contributed by atoms with Crippen molar-refractivity contribution in [3.05, 3.63) is 24.3 Å². The molecule has 0 saturated carbocycles. The summed E-state index contributed by atoms with van der Waals surface area (Å²) in [6.45, 7) is 24.6. The molecular formula is C62H95NO17. The van der Waals surface area contributed by atoms with E-state index in [1.807, 2.05) is 0 Å². The van der Waals surface area contributed by atoms with Gasteiger partial charge in [-0.3, -0.25) is 4.79 Å². The van der Waals surface area contributed by atoms with E-state index < -0.39 is 23.5 Å². The van der Waals surface area contributed by atoms with Crippen molar-refractivity contribution in [2.75, 3.05) is 13.7 Å². The summed E-state index contributed by atoms with van der Waals surface area (Å²) >= 11 is 0. The van der Waals surface area contributed by atoms with Gasteiger partial charge in [0.15, 0.2) is 17.4 Å². The monoisotopic (exact) mass is 1130 g/mol. The van der Waals surface area contributed by atoms with Crippen LogP contribution in [0.2, 0.25) is 0 Å². The zero-order valence-electron chi connectivity index (χ0n) is 48.9. The van der Waals surface area contributed by atoms with E-state index in [1.54, 1.807) is 0 Å². The largest absolute Gasteiger partial charge is 0.469 e. The van der Waals surface area contributed by atoms with Crippen LogP contribution in [0, 0.1) is 29.6 Å². The Morgan fingerprint density at radius 3 is 2.08 bits per heavy atom. The zero-order chi connectivity index (χ0) is 55.7. The van der Waals surface area contributed by atoms with Gasteiger partial charge in [0.25, 0.3) is 0 Å². The van der Waals surface area contributed by atoms with Gasteiger partial charge < -0.3 is 81.9 Å². The van der Waals surface area contributed by atoms with Crippen molar-refractivity contribution in [3.63, 3.8) is 0 Å². The molecule has 80 heavy (non-hydrogen) atoms. The summed E-state index contributed by atoms with van der Waals surface area (Å²) in [5.74, 6) is -0.471. The molecule has 0 aliphatic carbocycles. The van der Waals surface area contributed by atoms with E-state index in [4.69, 9.17) is 76.8 Å². The number of carbonyl (C=O) groups is 1. The van der Waals surface area contributed by atoms with Gasteiger partial charge in [-0.15, -0.1) is 0 Å². The molecule has 31 atom stereocenters. The Bertz CT molecular complexity index is 2280. The first-order chi connectivity index (χ1) is 38.3. The number of carbonyl (C=O) groups excluding carboxylic acids is 1. The van der Waals surface area contributed by atoms with Crippen molar-refractivity contribution in [2.24, 2.45) is 35.3 Å². The molecule has 15 aliphatic rings. The van der Waals surface area contributed by atoms with Crippen LogP contribution in [0.3, 0.4) is 0 Å². The lowest BCUT2D eigenvalue weighted by atomic mass is 9.78. The molecule has 0 aromatic carbocycles. The van der Waals surface area contributed by atoms with Crippen molar-refractivity contribution >= 4 is 5.97 Å². The lowest BCUT2D eigenvalue weighted by Crippen LogP contribution is -2.63. The van der Waals surface area contributed by atoms with Crippen molar-refractivity contribution in [1.82, 2.24) is 0 Å². The molecule has 15 aliphatic heterocycles. The van der Waals surface area contributed by atoms with Gasteiger partial charge in [-0.2, -0.15) is 0 Å². The highest BCUT2D eigenvalue weighted by atomic mass is 16.8. The second-order valence-corrected chi connectivity index (χ2v) is 27.5. The molecule has 0 amide bonds. The molecule has 3 N–H and O–H groups in total. The number of methoxy groups -OCH3 is 1. The number of aliphatic hydroxyl groups excluding tert-OH is 1. The molecule has 0 unspecified atom stereocenters. The van der Waals surface area contributed by atoms with E-state index in [2.05, 4.69) is 61.6 Å². The van der Waals surface area contributed by atoms with Crippen LogP contribution in [-0.2, 0) is 75.8 Å². The summed E-state index contributed by atoms with van der Waals surface area (Å²) in [5, 5.41) is 10.6. The first-order valence-electron chi connectivity index (χ1n) is 31.5. The van der Waals surface area contributed by atoms with Crippen molar-refractivity contribution in [2.45, 2.75) is 315 Å². The average molecular weight is 1130 g/mol. The number of nitrogens with two attached hydrogens (primary N) is 1. The molecule has 0 aromatic rings. The number of ether oxygens (including phenoxy) is 15. The van der Waals surface area contributed by atoms with Crippen LogP contribution in [-0.4, -0.2) is 182 Å².